The zero-order valence-electron chi connectivity index (χ0n) is 14.1. The summed E-state index contributed by atoms with van der Waals surface area (Å²) in [6.07, 6.45) is 1.33. The Bertz CT molecular complexity index is 575. The highest BCUT2D eigenvalue weighted by Crippen LogP contribution is 2.17. The number of carboxylic acid groups (broad SMARTS) is 1. The fraction of sp³-hybridized carbons (Fsp3) is 0.471. The topological polar surface area (TPSA) is 86.7 Å². The highest BCUT2D eigenvalue weighted by molar-refractivity contribution is 7.98. The van der Waals surface area contributed by atoms with Crippen molar-refractivity contribution >= 4 is 35.2 Å². The monoisotopic (exact) mass is 352 g/mol. The smallest absolute Gasteiger partial charge is 0.304 e. The molecule has 2 N–H and O–H groups in total. The van der Waals surface area contributed by atoms with Gasteiger partial charge in [0.15, 0.2) is 0 Å². The first kappa shape index (κ1) is 20.0. The number of hydrogen-bond acceptors (Lipinski definition) is 4. The molecule has 1 aromatic rings. The van der Waals surface area contributed by atoms with Gasteiger partial charge in [0.25, 0.3) is 0 Å². The van der Waals surface area contributed by atoms with E-state index in [0.29, 0.717) is 30.8 Å². The molecule has 0 atom stereocenters. The lowest BCUT2D eigenvalue weighted by Crippen LogP contribution is -2.21. The number of carboxylic acids is 1. The average Bonchev–Trinajstić information content (AvgIpc) is 2.51. The Balaban J connectivity index is 2.36. The van der Waals surface area contributed by atoms with E-state index in [2.05, 4.69) is 5.32 Å². The van der Waals surface area contributed by atoms with E-state index in [4.69, 9.17) is 5.11 Å². The van der Waals surface area contributed by atoms with Gasteiger partial charge in [-0.05, 0) is 24.1 Å². The maximum absolute atomic E-state index is 11.9. The van der Waals surface area contributed by atoms with Gasteiger partial charge in [-0.1, -0.05) is 12.1 Å². The van der Waals surface area contributed by atoms with Gasteiger partial charge in [0.1, 0.15) is 0 Å². The van der Waals surface area contributed by atoms with Crippen molar-refractivity contribution < 1.29 is 19.5 Å². The molecule has 0 spiro atoms. The van der Waals surface area contributed by atoms with Gasteiger partial charge in [-0.3, -0.25) is 14.4 Å². The van der Waals surface area contributed by atoms with E-state index in [1.165, 1.54) is 4.90 Å². The fourth-order valence-corrected chi connectivity index (χ4v) is 2.81. The Morgan fingerprint density at radius 1 is 1.17 bits per heavy atom. The number of anilines is 1. The summed E-state index contributed by atoms with van der Waals surface area (Å²) in [5.41, 5.74) is 1.75. The lowest BCUT2D eigenvalue weighted by molar-refractivity contribution is -0.136. The standard InChI is InChI=1S/C17H24N2O4S/c1-19(2)16(21)8-4-7-15(20)18-14-6-3-5-13(11-14)12-24-10-9-17(22)23/h3,5-6,11H,4,7-10,12H2,1-2H3,(H,18,20)(H,22,23). The molecule has 24 heavy (non-hydrogen) atoms. The van der Waals surface area contributed by atoms with Crippen molar-refractivity contribution in [2.24, 2.45) is 0 Å². The van der Waals surface area contributed by atoms with Gasteiger partial charge in [-0.25, -0.2) is 0 Å². The lowest BCUT2D eigenvalue weighted by Gasteiger charge is -2.10. The summed E-state index contributed by atoms with van der Waals surface area (Å²) in [6, 6.07) is 7.50. The number of amides is 2. The number of nitrogens with one attached hydrogen (secondary N) is 1. The molecule has 0 aliphatic rings. The van der Waals surface area contributed by atoms with Gasteiger partial charge < -0.3 is 15.3 Å². The summed E-state index contributed by atoms with van der Waals surface area (Å²) in [4.78, 5) is 35.3. The van der Waals surface area contributed by atoms with E-state index in [0.717, 1.165) is 11.3 Å². The second-order valence-electron chi connectivity index (χ2n) is 5.59. The van der Waals surface area contributed by atoms with Crippen LogP contribution in [0.15, 0.2) is 24.3 Å². The van der Waals surface area contributed by atoms with Gasteiger partial charge in [0.05, 0.1) is 6.42 Å². The second-order valence-corrected chi connectivity index (χ2v) is 6.69. The minimum Gasteiger partial charge on any atom is -0.481 e. The Morgan fingerprint density at radius 2 is 1.92 bits per heavy atom. The quantitative estimate of drug-likeness (QED) is 0.632. The Kier molecular flexibility index (Phi) is 8.93. The van der Waals surface area contributed by atoms with Crippen molar-refractivity contribution in [1.82, 2.24) is 4.90 Å². The molecular formula is C17H24N2O4S. The molecular weight excluding hydrogens is 328 g/mol. The molecule has 6 nitrogen and oxygen atoms in total. The normalized spacial score (nSPS) is 10.2. The van der Waals surface area contributed by atoms with Crippen molar-refractivity contribution in [2.75, 3.05) is 25.2 Å². The van der Waals surface area contributed by atoms with Crippen LogP contribution in [0.2, 0.25) is 0 Å². The average molecular weight is 352 g/mol. The van der Waals surface area contributed by atoms with E-state index in [9.17, 15) is 14.4 Å². The predicted molar refractivity (Wildman–Crippen MR) is 96.0 cm³/mol. The summed E-state index contributed by atoms with van der Waals surface area (Å²) in [5.74, 6) is 0.372. The van der Waals surface area contributed by atoms with Gasteiger partial charge in [0.2, 0.25) is 11.8 Å². The first-order chi connectivity index (χ1) is 11.4. The van der Waals surface area contributed by atoms with Crippen molar-refractivity contribution in [1.29, 1.82) is 0 Å². The molecule has 0 aromatic heterocycles. The van der Waals surface area contributed by atoms with Crippen LogP contribution in [0.1, 0.15) is 31.2 Å². The highest BCUT2D eigenvalue weighted by atomic mass is 32.2. The molecule has 0 aliphatic carbocycles. The molecule has 0 radical (unpaired) electrons. The third-order valence-electron chi connectivity index (χ3n) is 3.23. The van der Waals surface area contributed by atoms with Gasteiger partial charge in [-0.15, -0.1) is 0 Å². The molecule has 0 bridgehead atoms. The van der Waals surface area contributed by atoms with E-state index in [1.807, 2.05) is 24.3 Å². The van der Waals surface area contributed by atoms with E-state index >= 15 is 0 Å². The van der Waals surface area contributed by atoms with Gasteiger partial charge in [-0.2, -0.15) is 11.8 Å². The largest absolute Gasteiger partial charge is 0.481 e. The predicted octanol–water partition coefficient (Wildman–Crippen LogP) is 2.59. The number of thioether (sulfide) groups is 1. The molecule has 0 saturated carbocycles. The number of carbonyl (C=O) groups excluding carboxylic acids is 2. The Morgan fingerprint density at radius 3 is 2.58 bits per heavy atom. The summed E-state index contributed by atoms with van der Waals surface area (Å²) < 4.78 is 0. The minimum atomic E-state index is -0.795. The maximum Gasteiger partial charge on any atom is 0.304 e. The third kappa shape index (κ3) is 8.57. The molecule has 7 heteroatoms. The van der Waals surface area contributed by atoms with Crippen molar-refractivity contribution in [3.8, 4) is 0 Å². The van der Waals surface area contributed by atoms with Crippen molar-refractivity contribution in [3.05, 3.63) is 29.8 Å². The number of nitrogens with zero attached hydrogens (tertiary/aromatic N) is 1. The lowest BCUT2D eigenvalue weighted by atomic mass is 10.2. The number of benzene rings is 1. The zero-order valence-corrected chi connectivity index (χ0v) is 14.9. The number of rotatable bonds is 10. The minimum absolute atomic E-state index is 0.0168. The van der Waals surface area contributed by atoms with Gasteiger partial charge >= 0.3 is 5.97 Å². The Hall–Kier alpha value is -2.02. The van der Waals surface area contributed by atoms with Crippen LogP contribution in [0.25, 0.3) is 0 Å². The molecule has 1 aromatic carbocycles. The van der Waals surface area contributed by atoms with E-state index < -0.39 is 5.97 Å². The summed E-state index contributed by atoms with van der Waals surface area (Å²) in [5, 5.41) is 11.4. The zero-order chi connectivity index (χ0) is 17.9. The summed E-state index contributed by atoms with van der Waals surface area (Å²) >= 11 is 1.55. The molecule has 1 rings (SSSR count). The van der Waals surface area contributed by atoms with Crippen LogP contribution < -0.4 is 5.32 Å². The molecule has 0 saturated heterocycles. The van der Waals surface area contributed by atoms with Gasteiger partial charge in [0, 0.05) is 44.1 Å². The molecule has 0 fully saturated rings. The number of hydrogen-bond donors (Lipinski definition) is 2. The van der Waals surface area contributed by atoms with Crippen LogP contribution in [0.4, 0.5) is 5.69 Å². The first-order valence-corrected chi connectivity index (χ1v) is 8.92. The highest BCUT2D eigenvalue weighted by Gasteiger charge is 2.07. The molecule has 0 aliphatic heterocycles. The van der Waals surface area contributed by atoms with Crippen molar-refractivity contribution in [3.63, 3.8) is 0 Å². The van der Waals surface area contributed by atoms with Crippen LogP contribution >= 0.6 is 11.8 Å². The first-order valence-electron chi connectivity index (χ1n) is 7.77. The van der Waals surface area contributed by atoms with Crippen molar-refractivity contribution in [2.45, 2.75) is 31.4 Å². The Labute approximate surface area is 146 Å². The summed E-state index contributed by atoms with van der Waals surface area (Å²) in [6.45, 7) is 0. The number of aliphatic carboxylic acids is 1. The van der Waals surface area contributed by atoms with Crippen LogP contribution in [0.3, 0.4) is 0 Å². The molecule has 0 unspecified atom stereocenters. The molecule has 132 valence electrons. The molecule has 2 amide bonds. The van der Waals surface area contributed by atoms with E-state index in [1.54, 1.807) is 25.9 Å². The van der Waals surface area contributed by atoms with Crippen LogP contribution in [0, 0.1) is 0 Å². The van der Waals surface area contributed by atoms with E-state index in [-0.39, 0.29) is 18.2 Å². The summed E-state index contributed by atoms with van der Waals surface area (Å²) in [7, 11) is 3.39. The van der Waals surface area contributed by atoms with Crippen LogP contribution in [-0.4, -0.2) is 47.6 Å². The van der Waals surface area contributed by atoms with Crippen LogP contribution in [0.5, 0.6) is 0 Å². The van der Waals surface area contributed by atoms with Crippen LogP contribution in [-0.2, 0) is 20.1 Å². The second kappa shape index (κ2) is 10.7. The third-order valence-corrected chi connectivity index (χ3v) is 4.26. The number of carbonyl (C=O) groups is 3. The molecule has 0 heterocycles. The maximum atomic E-state index is 11.9. The SMILES string of the molecule is CN(C)C(=O)CCCC(=O)Nc1cccc(CSCCC(=O)O)c1. The fourth-order valence-electron chi connectivity index (χ4n) is 1.94.